The van der Waals surface area contributed by atoms with Crippen LogP contribution < -0.4 is 10.2 Å². The molecule has 0 fully saturated rings. The lowest BCUT2D eigenvalue weighted by molar-refractivity contribution is -0.0893. The Morgan fingerprint density at radius 3 is 2.40 bits per heavy atom. The Morgan fingerprint density at radius 1 is 1.30 bits per heavy atom. The van der Waals surface area contributed by atoms with Gasteiger partial charge in [0, 0.05) is 0 Å². The molecule has 0 aliphatic rings. The maximum Gasteiger partial charge on any atom is 0.311 e. The number of alkyl halides is 1. The Hall–Kier alpha value is -0.845. The zero-order valence-corrected chi connectivity index (χ0v) is 12.7. The van der Waals surface area contributed by atoms with Crippen LogP contribution in [-0.2, 0) is 4.65 Å². The molecular formula is C13H18BClF2O3. The molecule has 0 aromatic heterocycles. The van der Waals surface area contributed by atoms with Crippen LogP contribution in [0.4, 0.5) is 8.78 Å². The molecule has 0 spiro atoms. The van der Waals surface area contributed by atoms with Crippen molar-refractivity contribution in [2.45, 2.75) is 38.9 Å². The van der Waals surface area contributed by atoms with E-state index >= 15 is 0 Å². The van der Waals surface area contributed by atoms with Gasteiger partial charge in [0.25, 0.3) is 0 Å². The molecule has 112 valence electrons. The maximum absolute atomic E-state index is 13.8. The Bertz CT molecular complexity index is 475. The minimum atomic E-state index is -1.13. The van der Waals surface area contributed by atoms with E-state index in [1.807, 2.05) is 0 Å². The van der Waals surface area contributed by atoms with Crippen LogP contribution in [0, 0.1) is 5.82 Å². The summed E-state index contributed by atoms with van der Waals surface area (Å²) in [7, 11) is 0.0165. The van der Waals surface area contributed by atoms with Gasteiger partial charge in [0.05, 0.1) is 16.2 Å². The summed E-state index contributed by atoms with van der Waals surface area (Å²) in [5, 5.41) is 9.79. The van der Waals surface area contributed by atoms with Crippen LogP contribution in [0.3, 0.4) is 0 Å². The molecule has 1 aromatic rings. The van der Waals surface area contributed by atoms with E-state index in [9.17, 15) is 13.9 Å². The minimum Gasteiger partial charge on any atom is -0.460 e. The van der Waals surface area contributed by atoms with Crippen molar-refractivity contribution < 1.29 is 23.3 Å². The fourth-order valence-electron chi connectivity index (χ4n) is 1.29. The molecule has 1 aromatic carbocycles. The van der Waals surface area contributed by atoms with E-state index in [1.54, 1.807) is 27.7 Å². The number of ether oxygens (including phenoxy) is 1. The highest BCUT2D eigenvalue weighted by Gasteiger charge is 2.36. The Morgan fingerprint density at radius 2 is 1.90 bits per heavy atom. The van der Waals surface area contributed by atoms with E-state index in [-0.39, 0.29) is 18.3 Å². The van der Waals surface area contributed by atoms with Crippen LogP contribution in [-0.4, -0.2) is 30.7 Å². The van der Waals surface area contributed by atoms with Gasteiger partial charge in [-0.3, -0.25) is 0 Å². The van der Waals surface area contributed by atoms with Crippen molar-refractivity contribution in [2.75, 3.05) is 6.86 Å². The summed E-state index contributed by atoms with van der Waals surface area (Å²) < 4.78 is 35.9. The van der Waals surface area contributed by atoms with Crippen molar-refractivity contribution >= 4 is 24.5 Å². The molecule has 0 bridgehead atoms. The summed E-state index contributed by atoms with van der Waals surface area (Å²) in [5.41, 5.74) is -1.52. The van der Waals surface area contributed by atoms with Gasteiger partial charge in [-0.25, -0.2) is 8.78 Å². The molecule has 0 atom stereocenters. The van der Waals surface area contributed by atoms with E-state index < -0.39 is 23.9 Å². The summed E-state index contributed by atoms with van der Waals surface area (Å²) in [6.45, 7) is 5.55. The van der Waals surface area contributed by atoms with Crippen LogP contribution in [0.15, 0.2) is 12.1 Å². The van der Waals surface area contributed by atoms with Gasteiger partial charge >= 0.3 is 7.48 Å². The normalized spacial score (nSPS) is 12.4. The molecule has 0 aliphatic carbocycles. The van der Waals surface area contributed by atoms with Crippen LogP contribution in [0.2, 0.25) is 5.02 Å². The predicted molar refractivity (Wildman–Crippen MR) is 76.3 cm³/mol. The molecule has 0 unspecified atom stereocenters. The molecule has 0 aliphatic heterocycles. The number of aliphatic hydroxyl groups is 1. The van der Waals surface area contributed by atoms with Crippen molar-refractivity contribution in [3.63, 3.8) is 0 Å². The number of hydrogen-bond donors (Lipinski definition) is 1. The standard InChI is InChI=1S/C13H18BClF2O3/c1-12(2,18)13(3,4)20-14-8-5-6-9(19-7-16)11(17)10(8)15/h5-6,14,18H,7H2,1-4H3. The first kappa shape index (κ1) is 17.2. The smallest absolute Gasteiger partial charge is 0.311 e. The molecule has 0 saturated carbocycles. The molecular weight excluding hydrogens is 288 g/mol. The summed E-state index contributed by atoms with van der Waals surface area (Å²) in [6, 6.07) is 2.79. The number of rotatable bonds is 6. The fraction of sp³-hybridized carbons (Fsp3) is 0.538. The predicted octanol–water partition coefficient (Wildman–Crippen LogP) is 2.33. The van der Waals surface area contributed by atoms with Gasteiger partial charge in [-0.05, 0) is 39.2 Å². The largest absolute Gasteiger partial charge is 0.460 e. The third-order valence-corrected chi connectivity index (χ3v) is 3.81. The highest BCUT2D eigenvalue weighted by atomic mass is 35.5. The second-order valence-electron chi connectivity index (χ2n) is 5.46. The number of hydrogen-bond acceptors (Lipinski definition) is 3. The van der Waals surface area contributed by atoms with Crippen molar-refractivity contribution in [3.05, 3.63) is 23.0 Å². The Balaban J connectivity index is 2.87. The summed E-state index contributed by atoms with van der Waals surface area (Å²) in [5.74, 6) is -1.07. The highest BCUT2D eigenvalue weighted by Crippen LogP contribution is 2.26. The third-order valence-electron chi connectivity index (χ3n) is 3.40. The van der Waals surface area contributed by atoms with Gasteiger partial charge in [0.15, 0.2) is 11.6 Å². The molecule has 3 nitrogen and oxygen atoms in total. The fourth-order valence-corrected chi connectivity index (χ4v) is 1.50. The first-order valence-electron chi connectivity index (χ1n) is 6.12. The SMILES string of the molecule is CC(C)(O)C(C)(C)OBc1ccc(OCF)c(F)c1Cl. The van der Waals surface area contributed by atoms with Crippen LogP contribution in [0.1, 0.15) is 27.7 Å². The molecule has 0 amide bonds. The molecule has 0 radical (unpaired) electrons. The lowest BCUT2D eigenvalue weighted by Crippen LogP contribution is -2.49. The van der Waals surface area contributed by atoms with Crippen LogP contribution >= 0.6 is 11.6 Å². The zero-order valence-electron chi connectivity index (χ0n) is 12.0. The monoisotopic (exact) mass is 306 g/mol. The average molecular weight is 307 g/mol. The van der Waals surface area contributed by atoms with Crippen LogP contribution in [0.25, 0.3) is 0 Å². The topological polar surface area (TPSA) is 38.7 Å². The lowest BCUT2D eigenvalue weighted by Gasteiger charge is -2.37. The van der Waals surface area contributed by atoms with Gasteiger partial charge in [-0.15, -0.1) is 0 Å². The third kappa shape index (κ3) is 3.84. The van der Waals surface area contributed by atoms with Gasteiger partial charge in [-0.1, -0.05) is 17.7 Å². The van der Waals surface area contributed by atoms with E-state index in [1.165, 1.54) is 12.1 Å². The highest BCUT2D eigenvalue weighted by molar-refractivity contribution is 6.53. The first-order valence-corrected chi connectivity index (χ1v) is 6.50. The Labute approximate surface area is 123 Å². The maximum atomic E-state index is 13.8. The molecule has 20 heavy (non-hydrogen) atoms. The number of benzene rings is 1. The second kappa shape index (κ2) is 6.29. The van der Waals surface area contributed by atoms with Crippen molar-refractivity contribution in [1.82, 2.24) is 0 Å². The number of halogens is 3. The van der Waals surface area contributed by atoms with Crippen molar-refractivity contribution in [1.29, 1.82) is 0 Å². The average Bonchev–Trinajstić information content (AvgIpc) is 2.33. The summed E-state index contributed by atoms with van der Waals surface area (Å²) in [6.07, 6.45) is 0. The molecule has 1 N–H and O–H groups in total. The van der Waals surface area contributed by atoms with Gasteiger partial charge in [0.1, 0.15) is 0 Å². The first-order chi connectivity index (χ1) is 9.10. The molecule has 0 saturated heterocycles. The van der Waals surface area contributed by atoms with E-state index in [2.05, 4.69) is 4.74 Å². The van der Waals surface area contributed by atoms with Crippen LogP contribution in [0.5, 0.6) is 5.75 Å². The second-order valence-corrected chi connectivity index (χ2v) is 5.84. The van der Waals surface area contributed by atoms with E-state index in [4.69, 9.17) is 16.3 Å². The van der Waals surface area contributed by atoms with Gasteiger partial charge in [0.2, 0.25) is 6.86 Å². The van der Waals surface area contributed by atoms with Crippen molar-refractivity contribution in [2.24, 2.45) is 0 Å². The molecule has 0 heterocycles. The molecule has 1 rings (SSSR count). The molecule has 7 heteroatoms. The summed E-state index contributed by atoms with van der Waals surface area (Å²) >= 11 is 5.86. The van der Waals surface area contributed by atoms with Gasteiger partial charge < -0.3 is 14.5 Å². The van der Waals surface area contributed by atoms with E-state index in [0.29, 0.717) is 5.46 Å². The quantitative estimate of drug-likeness (QED) is 0.820. The zero-order chi connectivity index (χ0) is 15.6. The summed E-state index contributed by atoms with van der Waals surface area (Å²) in [4.78, 5) is 0. The van der Waals surface area contributed by atoms with Gasteiger partial charge in [-0.2, -0.15) is 0 Å². The lowest BCUT2D eigenvalue weighted by atomic mass is 9.82. The van der Waals surface area contributed by atoms with Crippen molar-refractivity contribution in [3.8, 4) is 5.75 Å². The van der Waals surface area contributed by atoms with E-state index in [0.717, 1.165) is 0 Å². The minimum absolute atomic E-state index is 0.0165. The Kier molecular flexibility index (Phi) is 5.41.